The SMILES string of the molecule is CC(C)n1c(C(N)Cc2ccccc2)nc2cc(F)ccc21. The number of fused-ring (bicyclic) bond motifs is 1. The van der Waals surface area contributed by atoms with Crippen molar-refractivity contribution in [2.75, 3.05) is 0 Å². The molecular formula is C18H20FN3. The van der Waals surface area contributed by atoms with Crippen molar-refractivity contribution in [2.45, 2.75) is 32.4 Å². The number of nitrogens with zero attached hydrogens (tertiary/aromatic N) is 2. The van der Waals surface area contributed by atoms with E-state index in [0.717, 1.165) is 11.3 Å². The molecule has 22 heavy (non-hydrogen) atoms. The zero-order valence-corrected chi connectivity index (χ0v) is 12.8. The largest absolute Gasteiger partial charge is 0.324 e. The molecule has 1 aromatic heterocycles. The molecule has 2 aromatic carbocycles. The van der Waals surface area contributed by atoms with Crippen LogP contribution in [0.5, 0.6) is 0 Å². The maximum Gasteiger partial charge on any atom is 0.127 e. The molecule has 0 spiro atoms. The van der Waals surface area contributed by atoms with Gasteiger partial charge in [-0.05, 0) is 38.0 Å². The molecule has 0 bridgehead atoms. The number of nitrogens with two attached hydrogens (primary N) is 1. The summed E-state index contributed by atoms with van der Waals surface area (Å²) in [6.45, 7) is 4.17. The summed E-state index contributed by atoms with van der Waals surface area (Å²) in [5.41, 5.74) is 9.15. The summed E-state index contributed by atoms with van der Waals surface area (Å²) in [4.78, 5) is 4.59. The lowest BCUT2D eigenvalue weighted by Gasteiger charge is -2.17. The van der Waals surface area contributed by atoms with Gasteiger partial charge >= 0.3 is 0 Å². The lowest BCUT2D eigenvalue weighted by Crippen LogP contribution is -2.20. The topological polar surface area (TPSA) is 43.8 Å². The Morgan fingerprint density at radius 3 is 2.55 bits per heavy atom. The van der Waals surface area contributed by atoms with Crippen LogP contribution in [0.4, 0.5) is 4.39 Å². The van der Waals surface area contributed by atoms with E-state index in [-0.39, 0.29) is 17.9 Å². The van der Waals surface area contributed by atoms with Gasteiger partial charge in [0.2, 0.25) is 0 Å². The molecular weight excluding hydrogens is 277 g/mol. The third-order valence-electron chi connectivity index (χ3n) is 3.83. The highest BCUT2D eigenvalue weighted by Gasteiger charge is 2.19. The van der Waals surface area contributed by atoms with Gasteiger partial charge in [-0.1, -0.05) is 30.3 Å². The van der Waals surface area contributed by atoms with Crippen molar-refractivity contribution in [2.24, 2.45) is 5.73 Å². The van der Waals surface area contributed by atoms with Crippen LogP contribution in [-0.4, -0.2) is 9.55 Å². The smallest absolute Gasteiger partial charge is 0.127 e. The molecule has 0 aliphatic heterocycles. The van der Waals surface area contributed by atoms with Crippen molar-refractivity contribution in [1.29, 1.82) is 0 Å². The maximum absolute atomic E-state index is 13.4. The molecule has 3 nitrogen and oxygen atoms in total. The van der Waals surface area contributed by atoms with E-state index in [2.05, 4.69) is 35.5 Å². The highest BCUT2D eigenvalue weighted by atomic mass is 19.1. The molecule has 0 fully saturated rings. The standard InChI is InChI=1S/C18H20FN3/c1-12(2)22-17-9-8-14(19)11-16(17)21-18(22)15(20)10-13-6-4-3-5-7-13/h3-9,11-12,15H,10,20H2,1-2H3. The summed E-state index contributed by atoms with van der Waals surface area (Å²) in [5.74, 6) is 0.531. The summed E-state index contributed by atoms with van der Waals surface area (Å²) < 4.78 is 15.5. The van der Waals surface area contributed by atoms with Crippen molar-refractivity contribution in [1.82, 2.24) is 9.55 Å². The Bertz CT molecular complexity index is 778. The van der Waals surface area contributed by atoms with Crippen LogP contribution >= 0.6 is 0 Å². The van der Waals surface area contributed by atoms with Gasteiger partial charge < -0.3 is 10.3 Å². The third kappa shape index (κ3) is 2.74. The van der Waals surface area contributed by atoms with Crippen LogP contribution in [0.3, 0.4) is 0 Å². The second-order valence-electron chi connectivity index (χ2n) is 5.86. The lowest BCUT2D eigenvalue weighted by atomic mass is 10.1. The molecule has 0 radical (unpaired) electrons. The Hall–Kier alpha value is -2.20. The Morgan fingerprint density at radius 1 is 1.14 bits per heavy atom. The van der Waals surface area contributed by atoms with Gasteiger partial charge in [-0.25, -0.2) is 9.37 Å². The van der Waals surface area contributed by atoms with Crippen molar-refractivity contribution >= 4 is 11.0 Å². The predicted octanol–water partition coefficient (Wildman–Crippen LogP) is 4.00. The number of hydrogen-bond donors (Lipinski definition) is 1. The second kappa shape index (κ2) is 5.89. The highest BCUT2D eigenvalue weighted by Crippen LogP contribution is 2.26. The van der Waals surface area contributed by atoms with E-state index in [9.17, 15) is 4.39 Å². The molecule has 0 aliphatic carbocycles. The van der Waals surface area contributed by atoms with E-state index in [4.69, 9.17) is 5.73 Å². The monoisotopic (exact) mass is 297 g/mol. The Morgan fingerprint density at radius 2 is 1.86 bits per heavy atom. The average molecular weight is 297 g/mol. The normalized spacial score (nSPS) is 13.0. The van der Waals surface area contributed by atoms with Crippen LogP contribution in [0.15, 0.2) is 48.5 Å². The first-order chi connectivity index (χ1) is 10.6. The third-order valence-corrected chi connectivity index (χ3v) is 3.83. The van der Waals surface area contributed by atoms with Crippen LogP contribution in [-0.2, 0) is 6.42 Å². The number of aromatic nitrogens is 2. The summed E-state index contributed by atoms with van der Waals surface area (Å²) in [6.07, 6.45) is 0.708. The molecule has 3 rings (SSSR count). The van der Waals surface area contributed by atoms with Gasteiger partial charge in [-0.15, -0.1) is 0 Å². The molecule has 0 aliphatic rings. The number of rotatable bonds is 4. The zero-order chi connectivity index (χ0) is 15.7. The molecule has 1 unspecified atom stereocenters. The molecule has 4 heteroatoms. The van der Waals surface area contributed by atoms with E-state index >= 15 is 0 Å². The molecule has 1 heterocycles. The van der Waals surface area contributed by atoms with Crippen LogP contribution in [0.1, 0.15) is 37.3 Å². The molecule has 0 amide bonds. The number of halogens is 1. The van der Waals surface area contributed by atoms with Gasteiger partial charge in [-0.3, -0.25) is 0 Å². The van der Waals surface area contributed by atoms with Gasteiger partial charge in [0.1, 0.15) is 11.6 Å². The zero-order valence-electron chi connectivity index (χ0n) is 12.8. The summed E-state index contributed by atoms with van der Waals surface area (Å²) in [6, 6.07) is 14.8. The first-order valence-electron chi connectivity index (χ1n) is 7.53. The fourth-order valence-electron chi connectivity index (χ4n) is 2.85. The Balaban J connectivity index is 2.03. The van der Waals surface area contributed by atoms with E-state index < -0.39 is 0 Å². The first kappa shape index (κ1) is 14.7. The van der Waals surface area contributed by atoms with Gasteiger partial charge in [0.05, 0.1) is 17.1 Å². The number of imidazole rings is 1. The Labute approximate surface area is 129 Å². The van der Waals surface area contributed by atoms with Crippen molar-refractivity contribution in [3.8, 4) is 0 Å². The van der Waals surface area contributed by atoms with Crippen LogP contribution in [0.2, 0.25) is 0 Å². The van der Waals surface area contributed by atoms with E-state index in [0.29, 0.717) is 11.9 Å². The molecule has 2 N–H and O–H groups in total. The van der Waals surface area contributed by atoms with Crippen molar-refractivity contribution in [3.63, 3.8) is 0 Å². The first-order valence-corrected chi connectivity index (χ1v) is 7.53. The predicted molar refractivity (Wildman–Crippen MR) is 87.2 cm³/mol. The van der Waals surface area contributed by atoms with Crippen LogP contribution < -0.4 is 5.73 Å². The van der Waals surface area contributed by atoms with Gasteiger partial charge in [0, 0.05) is 12.1 Å². The number of benzene rings is 2. The molecule has 0 saturated heterocycles. The summed E-state index contributed by atoms with van der Waals surface area (Å²) in [7, 11) is 0. The van der Waals surface area contributed by atoms with Crippen LogP contribution in [0.25, 0.3) is 11.0 Å². The summed E-state index contributed by atoms with van der Waals surface area (Å²) >= 11 is 0. The van der Waals surface area contributed by atoms with Gasteiger partial charge in [0.15, 0.2) is 0 Å². The minimum Gasteiger partial charge on any atom is -0.324 e. The lowest BCUT2D eigenvalue weighted by molar-refractivity contribution is 0.540. The highest BCUT2D eigenvalue weighted by molar-refractivity contribution is 5.76. The Kier molecular flexibility index (Phi) is 3.94. The minimum atomic E-state index is -0.274. The second-order valence-corrected chi connectivity index (χ2v) is 5.86. The molecule has 1 atom stereocenters. The molecule has 0 saturated carbocycles. The fourth-order valence-corrected chi connectivity index (χ4v) is 2.85. The van der Waals surface area contributed by atoms with Crippen molar-refractivity contribution < 1.29 is 4.39 Å². The van der Waals surface area contributed by atoms with Gasteiger partial charge in [0.25, 0.3) is 0 Å². The van der Waals surface area contributed by atoms with E-state index in [1.54, 1.807) is 6.07 Å². The quantitative estimate of drug-likeness (QED) is 0.791. The van der Waals surface area contributed by atoms with Crippen molar-refractivity contribution in [3.05, 3.63) is 65.7 Å². The minimum absolute atomic E-state index is 0.215. The van der Waals surface area contributed by atoms with Gasteiger partial charge in [-0.2, -0.15) is 0 Å². The average Bonchev–Trinajstić information content (AvgIpc) is 2.87. The van der Waals surface area contributed by atoms with Crippen LogP contribution in [0, 0.1) is 5.82 Å². The maximum atomic E-state index is 13.4. The summed E-state index contributed by atoms with van der Waals surface area (Å²) in [5, 5.41) is 0. The van der Waals surface area contributed by atoms with E-state index in [1.807, 2.05) is 18.2 Å². The number of hydrogen-bond acceptors (Lipinski definition) is 2. The van der Waals surface area contributed by atoms with E-state index in [1.165, 1.54) is 17.7 Å². The fraction of sp³-hybridized carbons (Fsp3) is 0.278. The molecule has 3 aromatic rings. The molecule has 114 valence electrons.